The van der Waals surface area contributed by atoms with Crippen LogP contribution in [0.5, 0.6) is 0 Å². The minimum absolute atomic E-state index is 1.12. The Morgan fingerprint density at radius 2 is 2.06 bits per heavy atom. The fourth-order valence-corrected chi connectivity index (χ4v) is 2.89. The normalized spacial score (nSPS) is 11.6. The molecule has 2 rings (SSSR count). The van der Waals surface area contributed by atoms with Crippen molar-refractivity contribution in [2.24, 2.45) is 0 Å². The van der Waals surface area contributed by atoms with Gasteiger partial charge in [-0.05, 0) is 53.5 Å². The second kappa shape index (κ2) is 6.39. The third-order valence-corrected chi connectivity index (χ3v) is 4.10. The first-order valence-corrected chi connectivity index (χ1v) is 7.52. The molecule has 2 nitrogen and oxygen atoms in total. The van der Waals surface area contributed by atoms with Gasteiger partial charge in [-0.15, -0.1) is 0 Å². The van der Waals surface area contributed by atoms with Crippen LogP contribution in [-0.2, 0) is 6.42 Å². The SMILES string of the molecule is CCCN(CC)CCc1c[nH]c2c(Br)cccc12. The van der Waals surface area contributed by atoms with E-state index in [0.717, 1.165) is 24.0 Å². The summed E-state index contributed by atoms with van der Waals surface area (Å²) in [5.74, 6) is 0. The first kappa shape index (κ1) is 13.6. The number of H-pyrrole nitrogens is 1. The highest BCUT2D eigenvalue weighted by Crippen LogP contribution is 2.25. The molecule has 1 aromatic carbocycles. The standard InChI is InChI=1S/C15H21BrN2/c1-3-9-18(4-2)10-8-12-11-17-15-13(12)6-5-7-14(15)16/h5-7,11,17H,3-4,8-10H2,1-2H3. The second-order valence-corrected chi connectivity index (χ2v) is 5.51. The number of hydrogen-bond acceptors (Lipinski definition) is 1. The summed E-state index contributed by atoms with van der Waals surface area (Å²) in [5, 5.41) is 1.34. The van der Waals surface area contributed by atoms with Gasteiger partial charge in [0.25, 0.3) is 0 Å². The fourth-order valence-electron chi connectivity index (χ4n) is 2.41. The molecule has 0 fully saturated rings. The zero-order valence-electron chi connectivity index (χ0n) is 11.2. The van der Waals surface area contributed by atoms with Crippen molar-refractivity contribution in [3.05, 3.63) is 34.4 Å². The number of nitrogens with zero attached hydrogens (tertiary/aromatic N) is 1. The van der Waals surface area contributed by atoms with Gasteiger partial charge in [0.1, 0.15) is 0 Å². The van der Waals surface area contributed by atoms with E-state index in [4.69, 9.17) is 0 Å². The van der Waals surface area contributed by atoms with Crippen LogP contribution in [-0.4, -0.2) is 29.5 Å². The minimum atomic E-state index is 1.12. The lowest BCUT2D eigenvalue weighted by Crippen LogP contribution is -2.26. The Hall–Kier alpha value is -0.800. The summed E-state index contributed by atoms with van der Waals surface area (Å²) in [5.41, 5.74) is 2.63. The lowest BCUT2D eigenvalue weighted by Gasteiger charge is -2.18. The number of hydrogen-bond donors (Lipinski definition) is 1. The van der Waals surface area contributed by atoms with Crippen LogP contribution < -0.4 is 0 Å². The predicted octanol–water partition coefficient (Wildman–Crippen LogP) is 4.20. The average Bonchev–Trinajstić information content (AvgIpc) is 2.79. The first-order valence-electron chi connectivity index (χ1n) is 6.73. The number of aromatic amines is 1. The molecule has 0 saturated heterocycles. The third-order valence-electron chi connectivity index (χ3n) is 3.43. The highest BCUT2D eigenvalue weighted by molar-refractivity contribution is 9.10. The van der Waals surface area contributed by atoms with Gasteiger partial charge in [0.2, 0.25) is 0 Å². The molecule has 0 bridgehead atoms. The number of para-hydroxylation sites is 1. The molecule has 0 unspecified atom stereocenters. The molecular weight excluding hydrogens is 288 g/mol. The van der Waals surface area contributed by atoms with Crippen LogP contribution in [0.15, 0.2) is 28.9 Å². The van der Waals surface area contributed by atoms with Crippen LogP contribution in [0.25, 0.3) is 10.9 Å². The maximum absolute atomic E-state index is 3.59. The summed E-state index contributed by atoms with van der Waals surface area (Å²) < 4.78 is 1.15. The van der Waals surface area contributed by atoms with Gasteiger partial charge in [-0.25, -0.2) is 0 Å². The second-order valence-electron chi connectivity index (χ2n) is 4.66. The molecule has 0 aliphatic heterocycles. The van der Waals surface area contributed by atoms with Crippen molar-refractivity contribution in [1.82, 2.24) is 9.88 Å². The molecule has 18 heavy (non-hydrogen) atoms. The van der Waals surface area contributed by atoms with Gasteiger partial charge >= 0.3 is 0 Å². The van der Waals surface area contributed by atoms with Crippen LogP contribution in [0.3, 0.4) is 0 Å². The van der Waals surface area contributed by atoms with Crippen molar-refractivity contribution in [3.63, 3.8) is 0 Å². The van der Waals surface area contributed by atoms with E-state index < -0.39 is 0 Å². The topological polar surface area (TPSA) is 19.0 Å². The quantitative estimate of drug-likeness (QED) is 0.847. The number of fused-ring (bicyclic) bond motifs is 1. The Bertz CT molecular complexity index is 504. The highest BCUT2D eigenvalue weighted by atomic mass is 79.9. The molecule has 0 spiro atoms. The number of halogens is 1. The van der Waals surface area contributed by atoms with E-state index in [2.05, 4.69) is 64.1 Å². The molecule has 1 aromatic heterocycles. The molecule has 98 valence electrons. The average molecular weight is 309 g/mol. The minimum Gasteiger partial charge on any atom is -0.360 e. The molecule has 2 aromatic rings. The van der Waals surface area contributed by atoms with E-state index in [0.29, 0.717) is 0 Å². The van der Waals surface area contributed by atoms with Crippen molar-refractivity contribution in [2.45, 2.75) is 26.7 Å². The summed E-state index contributed by atoms with van der Waals surface area (Å²) in [6.45, 7) is 7.96. The molecule has 0 saturated carbocycles. The number of rotatable bonds is 6. The molecule has 0 aliphatic rings. The Kier molecular flexibility index (Phi) is 4.84. The maximum atomic E-state index is 3.59. The number of aromatic nitrogens is 1. The molecular formula is C15H21BrN2. The van der Waals surface area contributed by atoms with E-state index in [1.54, 1.807) is 0 Å². The molecule has 0 atom stereocenters. The van der Waals surface area contributed by atoms with Crippen molar-refractivity contribution < 1.29 is 0 Å². The summed E-state index contributed by atoms with van der Waals surface area (Å²) in [7, 11) is 0. The van der Waals surface area contributed by atoms with E-state index in [1.165, 1.54) is 29.4 Å². The van der Waals surface area contributed by atoms with Crippen molar-refractivity contribution in [3.8, 4) is 0 Å². The lowest BCUT2D eigenvalue weighted by atomic mass is 10.1. The van der Waals surface area contributed by atoms with Crippen LogP contribution in [0.2, 0.25) is 0 Å². The zero-order valence-corrected chi connectivity index (χ0v) is 12.8. The zero-order chi connectivity index (χ0) is 13.0. The molecule has 0 aliphatic carbocycles. The summed E-state index contributed by atoms with van der Waals surface area (Å²) in [4.78, 5) is 5.88. The number of nitrogens with one attached hydrogen (secondary N) is 1. The lowest BCUT2D eigenvalue weighted by molar-refractivity contribution is 0.293. The summed E-state index contributed by atoms with van der Waals surface area (Å²) in [6.07, 6.45) is 4.49. The van der Waals surface area contributed by atoms with E-state index in [-0.39, 0.29) is 0 Å². The van der Waals surface area contributed by atoms with Gasteiger partial charge in [0, 0.05) is 22.6 Å². The third kappa shape index (κ3) is 2.96. The molecule has 0 amide bonds. The van der Waals surface area contributed by atoms with E-state index in [9.17, 15) is 0 Å². The predicted molar refractivity (Wildman–Crippen MR) is 82.1 cm³/mol. The molecule has 1 N–H and O–H groups in total. The fraction of sp³-hybridized carbons (Fsp3) is 0.467. The molecule has 1 heterocycles. The van der Waals surface area contributed by atoms with E-state index >= 15 is 0 Å². The van der Waals surface area contributed by atoms with Gasteiger partial charge in [-0.2, -0.15) is 0 Å². The number of benzene rings is 1. The Morgan fingerprint density at radius 3 is 2.78 bits per heavy atom. The van der Waals surface area contributed by atoms with Crippen LogP contribution in [0.4, 0.5) is 0 Å². The Labute approximate surface area is 118 Å². The van der Waals surface area contributed by atoms with Crippen LogP contribution >= 0.6 is 15.9 Å². The molecule has 0 radical (unpaired) electrons. The van der Waals surface area contributed by atoms with Gasteiger partial charge in [0.15, 0.2) is 0 Å². The van der Waals surface area contributed by atoms with Crippen molar-refractivity contribution in [2.75, 3.05) is 19.6 Å². The van der Waals surface area contributed by atoms with Gasteiger partial charge < -0.3 is 9.88 Å². The van der Waals surface area contributed by atoms with Gasteiger partial charge in [-0.1, -0.05) is 26.0 Å². The van der Waals surface area contributed by atoms with Crippen LogP contribution in [0, 0.1) is 0 Å². The summed E-state index contributed by atoms with van der Waals surface area (Å²) >= 11 is 3.59. The van der Waals surface area contributed by atoms with Gasteiger partial charge in [0.05, 0.1) is 5.52 Å². The van der Waals surface area contributed by atoms with E-state index in [1.807, 2.05) is 0 Å². The Morgan fingerprint density at radius 1 is 1.22 bits per heavy atom. The largest absolute Gasteiger partial charge is 0.360 e. The first-order chi connectivity index (χ1) is 8.76. The van der Waals surface area contributed by atoms with Crippen molar-refractivity contribution in [1.29, 1.82) is 0 Å². The monoisotopic (exact) mass is 308 g/mol. The smallest absolute Gasteiger partial charge is 0.0601 e. The Balaban J connectivity index is 2.10. The summed E-state index contributed by atoms with van der Waals surface area (Å²) in [6, 6.07) is 6.38. The maximum Gasteiger partial charge on any atom is 0.0601 e. The number of likely N-dealkylation sites (N-methyl/N-ethyl adjacent to an activating group) is 1. The highest BCUT2D eigenvalue weighted by Gasteiger charge is 2.07. The van der Waals surface area contributed by atoms with Crippen LogP contribution in [0.1, 0.15) is 25.8 Å². The molecule has 3 heteroatoms. The van der Waals surface area contributed by atoms with Crippen molar-refractivity contribution >= 4 is 26.8 Å². The van der Waals surface area contributed by atoms with Gasteiger partial charge in [-0.3, -0.25) is 0 Å².